The summed E-state index contributed by atoms with van der Waals surface area (Å²) in [5.74, 6) is 0. The van der Waals surface area contributed by atoms with Crippen LogP contribution in [-0.2, 0) is 6.42 Å². The minimum absolute atomic E-state index is 0.497. The molecule has 0 aliphatic heterocycles. The molecule has 1 saturated carbocycles. The summed E-state index contributed by atoms with van der Waals surface area (Å²) < 4.78 is 1.08. The Kier molecular flexibility index (Phi) is 3.42. The van der Waals surface area contributed by atoms with Crippen LogP contribution in [0.25, 0.3) is 0 Å². The zero-order valence-corrected chi connectivity index (χ0v) is 10.7. The summed E-state index contributed by atoms with van der Waals surface area (Å²) in [6.45, 7) is 1.12. The summed E-state index contributed by atoms with van der Waals surface area (Å²) in [6.07, 6.45) is 9.06. The van der Waals surface area contributed by atoms with Crippen molar-refractivity contribution in [2.45, 2.75) is 25.7 Å². The number of nitrogens with zero attached hydrogens (tertiary/aromatic N) is 1. The zero-order chi connectivity index (χ0) is 10.7. The summed E-state index contributed by atoms with van der Waals surface area (Å²) >= 11 is 3.47. The van der Waals surface area contributed by atoms with Crippen LogP contribution in [0.2, 0.25) is 0 Å². The Labute approximate surface area is 99.6 Å². The Bertz CT molecular complexity index is 334. The SMILES string of the molecule is CNCC1(Cc2cncc(Br)c2)CCC1. The molecule has 1 aliphatic rings. The quantitative estimate of drug-likeness (QED) is 0.909. The molecule has 1 fully saturated rings. The first-order valence-electron chi connectivity index (χ1n) is 5.48. The highest BCUT2D eigenvalue weighted by molar-refractivity contribution is 9.10. The average molecular weight is 269 g/mol. The highest BCUT2D eigenvalue weighted by Crippen LogP contribution is 2.43. The molecule has 82 valence electrons. The predicted octanol–water partition coefficient (Wildman–Crippen LogP) is 2.78. The first-order chi connectivity index (χ1) is 7.24. The molecule has 0 bridgehead atoms. The monoisotopic (exact) mass is 268 g/mol. The topological polar surface area (TPSA) is 24.9 Å². The molecular formula is C12H17BrN2. The molecule has 0 aromatic carbocycles. The van der Waals surface area contributed by atoms with E-state index in [0.717, 1.165) is 17.4 Å². The second-order valence-electron chi connectivity index (χ2n) is 4.57. The molecule has 1 aliphatic carbocycles. The Morgan fingerprint density at radius 2 is 2.27 bits per heavy atom. The summed E-state index contributed by atoms with van der Waals surface area (Å²) in [5, 5.41) is 3.31. The fraction of sp³-hybridized carbons (Fsp3) is 0.583. The van der Waals surface area contributed by atoms with E-state index in [4.69, 9.17) is 0 Å². The molecule has 1 N–H and O–H groups in total. The number of halogens is 1. The molecule has 0 saturated heterocycles. The molecule has 3 heteroatoms. The fourth-order valence-corrected chi connectivity index (χ4v) is 2.87. The number of nitrogens with one attached hydrogen (secondary N) is 1. The molecule has 2 rings (SSSR count). The Morgan fingerprint density at radius 1 is 1.47 bits per heavy atom. The lowest BCUT2D eigenvalue weighted by Crippen LogP contribution is -2.40. The van der Waals surface area contributed by atoms with Gasteiger partial charge in [0.25, 0.3) is 0 Å². The molecule has 0 spiro atoms. The van der Waals surface area contributed by atoms with Gasteiger partial charge in [0.1, 0.15) is 0 Å². The van der Waals surface area contributed by atoms with E-state index in [9.17, 15) is 0 Å². The van der Waals surface area contributed by atoms with Gasteiger partial charge in [0.2, 0.25) is 0 Å². The second-order valence-corrected chi connectivity index (χ2v) is 5.49. The molecule has 1 aromatic heterocycles. The van der Waals surface area contributed by atoms with Crippen LogP contribution in [0.1, 0.15) is 24.8 Å². The van der Waals surface area contributed by atoms with Crippen LogP contribution in [0, 0.1) is 5.41 Å². The maximum atomic E-state index is 4.22. The van der Waals surface area contributed by atoms with Gasteiger partial charge in [-0.2, -0.15) is 0 Å². The van der Waals surface area contributed by atoms with Crippen LogP contribution in [0.3, 0.4) is 0 Å². The van der Waals surface area contributed by atoms with Crippen LogP contribution >= 0.6 is 15.9 Å². The molecule has 2 nitrogen and oxygen atoms in total. The maximum absolute atomic E-state index is 4.22. The molecule has 0 atom stereocenters. The largest absolute Gasteiger partial charge is 0.319 e. The first-order valence-corrected chi connectivity index (χ1v) is 6.27. The predicted molar refractivity (Wildman–Crippen MR) is 65.9 cm³/mol. The summed E-state index contributed by atoms with van der Waals surface area (Å²) in [4.78, 5) is 4.22. The van der Waals surface area contributed by atoms with Gasteiger partial charge in [0.15, 0.2) is 0 Å². The summed E-state index contributed by atoms with van der Waals surface area (Å²) in [6, 6.07) is 2.18. The number of pyridine rings is 1. The van der Waals surface area contributed by atoms with Crippen molar-refractivity contribution in [2.24, 2.45) is 5.41 Å². The van der Waals surface area contributed by atoms with Crippen molar-refractivity contribution in [3.05, 3.63) is 28.5 Å². The van der Waals surface area contributed by atoms with Crippen LogP contribution in [0.15, 0.2) is 22.9 Å². The molecule has 0 amide bonds. The molecule has 15 heavy (non-hydrogen) atoms. The molecule has 1 aromatic rings. The smallest absolute Gasteiger partial charge is 0.0410 e. The van der Waals surface area contributed by atoms with E-state index in [2.05, 4.69) is 32.3 Å². The lowest BCUT2D eigenvalue weighted by Gasteiger charge is -2.42. The van der Waals surface area contributed by atoms with Crippen LogP contribution in [-0.4, -0.2) is 18.6 Å². The van der Waals surface area contributed by atoms with Gasteiger partial charge < -0.3 is 5.32 Å². The fourth-order valence-electron chi connectivity index (χ4n) is 2.45. The zero-order valence-electron chi connectivity index (χ0n) is 9.09. The lowest BCUT2D eigenvalue weighted by molar-refractivity contribution is 0.133. The summed E-state index contributed by atoms with van der Waals surface area (Å²) in [5.41, 5.74) is 1.84. The third-order valence-corrected chi connectivity index (χ3v) is 3.74. The van der Waals surface area contributed by atoms with Crippen molar-refractivity contribution in [3.63, 3.8) is 0 Å². The Balaban J connectivity index is 2.06. The second kappa shape index (κ2) is 4.62. The van der Waals surface area contributed by atoms with Crippen molar-refractivity contribution >= 4 is 15.9 Å². The van der Waals surface area contributed by atoms with E-state index in [0.29, 0.717) is 5.41 Å². The number of aromatic nitrogens is 1. The van der Waals surface area contributed by atoms with Crippen LogP contribution in [0.4, 0.5) is 0 Å². The van der Waals surface area contributed by atoms with Gasteiger partial charge in [0.05, 0.1) is 0 Å². The first kappa shape index (κ1) is 11.1. The van der Waals surface area contributed by atoms with Crippen molar-refractivity contribution in [2.75, 3.05) is 13.6 Å². The van der Waals surface area contributed by atoms with E-state index >= 15 is 0 Å². The van der Waals surface area contributed by atoms with Gasteiger partial charge in [-0.05, 0) is 59.3 Å². The van der Waals surface area contributed by atoms with Gasteiger partial charge in [-0.1, -0.05) is 6.42 Å². The number of rotatable bonds is 4. The Hall–Kier alpha value is -0.410. The van der Waals surface area contributed by atoms with Gasteiger partial charge in [-0.3, -0.25) is 4.98 Å². The number of hydrogen-bond acceptors (Lipinski definition) is 2. The van der Waals surface area contributed by atoms with Gasteiger partial charge in [-0.25, -0.2) is 0 Å². The highest BCUT2D eigenvalue weighted by Gasteiger charge is 2.36. The van der Waals surface area contributed by atoms with Gasteiger partial charge in [-0.15, -0.1) is 0 Å². The van der Waals surface area contributed by atoms with E-state index < -0.39 is 0 Å². The third-order valence-electron chi connectivity index (χ3n) is 3.31. The van der Waals surface area contributed by atoms with Crippen LogP contribution in [0.5, 0.6) is 0 Å². The standard InChI is InChI=1S/C12H17BrN2/c1-14-9-12(3-2-4-12)6-10-5-11(13)8-15-7-10/h5,7-8,14H,2-4,6,9H2,1H3. The van der Waals surface area contributed by atoms with Crippen molar-refractivity contribution in [3.8, 4) is 0 Å². The van der Waals surface area contributed by atoms with E-state index in [1.54, 1.807) is 0 Å². The normalized spacial score (nSPS) is 18.5. The molecular weight excluding hydrogens is 252 g/mol. The van der Waals surface area contributed by atoms with E-state index in [1.807, 2.05) is 19.4 Å². The number of hydrogen-bond donors (Lipinski definition) is 1. The minimum atomic E-state index is 0.497. The molecule has 0 radical (unpaired) electrons. The summed E-state index contributed by atoms with van der Waals surface area (Å²) in [7, 11) is 2.04. The highest BCUT2D eigenvalue weighted by atomic mass is 79.9. The van der Waals surface area contributed by atoms with Gasteiger partial charge >= 0.3 is 0 Å². The van der Waals surface area contributed by atoms with Crippen molar-refractivity contribution < 1.29 is 0 Å². The Morgan fingerprint density at radius 3 is 2.80 bits per heavy atom. The third kappa shape index (κ3) is 2.58. The average Bonchev–Trinajstić information content (AvgIpc) is 2.15. The van der Waals surface area contributed by atoms with E-state index in [1.165, 1.54) is 24.8 Å². The van der Waals surface area contributed by atoms with Crippen molar-refractivity contribution in [1.29, 1.82) is 0 Å². The lowest BCUT2D eigenvalue weighted by atomic mass is 9.65. The molecule has 1 heterocycles. The van der Waals surface area contributed by atoms with Gasteiger partial charge in [0, 0.05) is 23.4 Å². The van der Waals surface area contributed by atoms with E-state index in [-0.39, 0.29) is 0 Å². The maximum Gasteiger partial charge on any atom is 0.0410 e. The van der Waals surface area contributed by atoms with Crippen LogP contribution < -0.4 is 5.32 Å². The van der Waals surface area contributed by atoms with Crippen molar-refractivity contribution in [1.82, 2.24) is 10.3 Å². The molecule has 0 unspecified atom stereocenters. The minimum Gasteiger partial charge on any atom is -0.319 e.